The third-order valence-electron chi connectivity index (χ3n) is 15.8. The Hall–Kier alpha value is -2.62. The van der Waals surface area contributed by atoms with Gasteiger partial charge in [-0.2, -0.15) is 0 Å². The summed E-state index contributed by atoms with van der Waals surface area (Å²) in [6.45, 7) is 14.2. The van der Waals surface area contributed by atoms with E-state index in [2.05, 4.69) is 41.6 Å². The SMILES string of the molecule is CCCCCCCCCOC(=O)CCCCCN(CCCCCCCC(=O)OC(CCCCCCCC)CCCCCCCC)CCCCNC(=O)CCP(=O)(CCC(=O)NCCCN(C)CCO)CCC(=O)NCCCN(C)CCO. The second-order valence-electron chi connectivity index (χ2n) is 23.7. The van der Waals surface area contributed by atoms with E-state index >= 15 is 0 Å². The summed E-state index contributed by atoms with van der Waals surface area (Å²) in [5.74, 6) is -0.713. The van der Waals surface area contributed by atoms with Gasteiger partial charge in [0.25, 0.3) is 0 Å². The molecule has 0 bridgehead atoms. The largest absolute Gasteiger partial charge is 0.466 e. The number of carbonyl (C=O) groups is 5. The molecule has 17 heteroatoms. The maximum absolute atomic E-state index is 14.3. The Kier molecular flexibility index (Phi) is 56.9. The zero-order valence-corrected chi connectivity index (χ0v) is 54.6. The second-order valence-corrected chi connectivity index (χ2v) is 27.2. The monoisotopic (exact) mass is 1180 g/mol. The Morgan fingerprint density at radius 1 is 0.402 bits per heavy atom. The van der Waals surface area contributed by atoms with Crippen molar-refractivity contribution in [2.45, 2.75) is 271 Å². The lowest BCUT2D eigenvalue weighted by atomic mass is 10.0. The number of nitrogens with zero attached hydrogens (tertiary/aromatic N) is 3. The van der Waals surface area contributed by atoms with Crippen molar-refractivity contribution in [2.24, 2.45) is 0 Å². The average Bonchev–Trinajstić information content (AvgIpc) is 3.47. The van der Waals surface area contributed by atoms with Crippen LogP contribution in [0.5, 0.6) is 0 Å². The molecule has 82 heavy (non-hydrogen) atoms. The molecule has 0 aliphatic carbocycles. The number of hydrogen-bond acceptors (Lipinski definition) is 13. The molecule has 0 aromatic carbocycles. The fourth-order valence-corrected chi connectivity index (χ4v) is 12.8. The fraction of sp³-hybridized carbons (Fsp3) is 0.923. The zero-order valence-electron chi connectivity index (χ0n) is 53.7. The third-order valence-corrected chi connectivity index (χ3v) is 18.9. The van der Waals surface area contributed by atoms with Crippen molar-refractivity contribution in [2.75, 3.05) is 118 Å². The molecule has 0 radical (unpaired) electrons. The Morgan fingerprint density at radius 3 is 1.20 bits per heavy atom. The molecule has 0 aliphatic heterocycles. The molecule has 0 aromatic heterocycles. The van der Waals surface area contributed by atoms with Crippen LogP contribution in [-0.4, -0.2) is 179 Å². The average molecular weight is 1190 g/mol. The minimum Gasteiger partial charge on any atom is -0.466 e. The zero-order chi connectivity index (χ0) is 60.4. The lowest BCUT2D eigenvalue weighted by molar-refractivity contribution is -0.150. The van der Waals surface area contributed by atoms with Gasteiger partial charge in [-0.15, -0.1) is 0 Å². The number of rotatable bonds is 63. The molecule has 0 atom stereocenters. The van der Waals surface area contributed by atoms with Gasteiger partial charge in [-0.1, -0.05) is 149 Å². The van der Waals surface area contributed by atoms with Gasteiger partial charge in [-0.3, -0.25) is 24.0 Å². The Bertz CT molecular complexity index is 1510. The number of carbonyl (C=O) groups excluding carboxylic acids is 5. The molecule has 16 nitrogen and oxygen atoms in total. The summed E-state index contributed by atoms with van der Waals surface area (Å²) in [6.07, 6.45) is 37.9. The fourth-order valence-electron chi connectivity index (χ4n) is 10.3. The number of hydrogen-bond donors (Lipinski definition) is 5. The van der Waals surface area contributed by atoms with Crippen LogP contribution in [-0.2, 0) is 38.0 Å². The van der Waals surface area contributed by atoms with Gasteiger partial charge >= 0.3 is 11.9 Å². The van der Waals surface area contributed by atoms with E-state index in [9.17, 15) is 28.5 Å². The van der Waals surface area contributed by atoms with Gasteiger partial charge in [-0.05, 0) is 130 Å². The van der Waals surface area contributed by atoms with Crippen molar-refractivity contribution in [3.8, 4) is 0 Å². The molecule has 0 spiro atoms. The van der Waals surface area contributed by atoms with Crippen LogP contribution in [0.1, 0.15) is 265 Å². The van der Waals surface area contributed by atoms with Gasteiger partial charge in [0.15, 0.2) is 0 Å². The van der Waals surface area contributed by atoms with Crippen molar-refractivity contribution in [3.05, 3.63) is 0 Å². The lowest BCUT2D eigenvalue weighted by Crippen LogP contribution is -2.31. The van der Waals surface area contributed by atoms with Crippen LogP contribution < -0.4 is 16.0 Å². The van der Waals surface area contributed by atoms with Gasteiger partial charge in [-0.25, -0.2) is 0 Å². The van der Waals surface area contributed by atoms with Crippen LogP contribution in [0.4, 0.5) is 0 Å². The standard InChI is InChI=1S/C65H129N6O10P/c1-6-9-12-15-18-24-34-56-80-64(77)39-29-25-32-50-71(49-31-23-19-22-28-40-65(78)81-60(37-26-20-16-13-10-7-2)38-27-21-17-14-11-8-3)51-33-30-44-66-61(74)41-57-82(79,58-42-62(75)67-45-35-47-69(4)52-54-72)59-43-63(76)68-46-36-48-70(5)53-55-73/h60,72-73H,6-59H2,1-5H3,(H,66,74)(H,67,75)(H,68,76). The summed E-state index contributed by atoms with van der Waals surface area (Å²) in [5, 5.41) is 27.1. The topological polar surface area (TPSA) is 207 Å². The maximum Gasteiger partial charge on any atom is 0.306 e. The first kappa shape index (κ1) is 79.4. The van der Waals surface area contributed by atoms with E-state index in [0.717, 1.165) is 135 Å². The van der Waals surface area contributed by atoms with Gasteiger partial charge in [0, 0.05) is 83.3 Å². The van der Waals surface area contributed by atoms with Gasteiger partial charge in [0.2, 0.25) is 17.7 Å². The smallest absolute Gasteiger partial charge is 0.306 e. The summed E-state index contributed by atoms with van der Waals surface area (Å²) in [4.78, 5) is 70.7. The normalized spacial score (nSPS) is 11.8. The number of esters is 2. The first-order valence-corrected chi connectivity index (χ1v) is 36.1. The summed E-state index contributed by atoms with van der Waals surface area (Å²) in [7, 11) is 0.767. The van der Waals surface area contributed by atoms with Crippen LogP contribution in [0.2, 0.25) is 0 Å². The number of nitrogens with one attached hydrogen (secondary N) is 3. The Labute approximate surface area is 502 Å². The molecule has 0 saturated heterocycles. The third kappa shape index (κ3) is 54.1. The van der Waals surface area contributed by atoms with Crippen molar-refractivity contribution < 1.29 is 48.2 Å². The van der Waals surface area contributed by atoms with E-state index in [-0.39, 0.29) is 86.7 Å². The highest BCUT2D eigenvalue weighted by molar-refractivity contribution is 7.64. The van der Waals surface area contributed by atoms with Crippen molar-refractivity contribution in [1.29, 1.82) is 0 Å². The molecule has 0 unspecified atom stereocenters. The molecule has 0 heterocycles. The minimum absolute atomic E-state index is 0.0301. The second kappa shape index (κ2) is 58.7. The van der Waals surface area contributed by atoms with Crippen LogP contribution >= 0.6 is 7.14 Å². The molecule has 3 amide bonds. The van der Waals surface area contributed by atoms with E-state index in [1.54, 1.807) is 0 Å². The first-order chi connectivity index (χ1) is 39.8. The highest BCUT2D eigenvalue weighted by atomic mass is 31.2. The maximum atomic E-state index is 14.3. The molecule has 0 aromatic rings. The number of unbranched alkanes of at least 4 members (excludes halogenated alkanes) is 23. The van der Waals surface area contributed by atoms with Gasteiger partial charge < -0.3 is 54.9 Å². The first-order valence-electron chi connectivity index (χ1n) is 33.8. The number of likely N-dealkylation sites (N-methyl/N-ethyl adjacent to an activating group) is 2. The molecular formula is C65H129N6O10P. The van der Waals surface area contributed by atoms with Gasteiger partial charge in [0.1, 0.15) is 6.10 Å². The van der Waals surface area contributed by atoms with Gasteiger partial charge in [0.05, 0.1) is 27.0 Å². The number of aliphatic hydroxyl groups excluding tert-OH is 2. The van der Waals surface area contributed by atoms with E-state index in [4.69, 9.17) is 19.7 Å². The molecule has 0 aliphatic rings. The highest BCUT2D eigenvalue weighted by Crippen LogP contribution is 2.47. The van der Waals surface area contributed by atoms with E-state index in [1.165, 1.54) is 96.3 Å². The minimum atomic E-state index is -3.05. The van der Waals surface area contributed by atoms with Crippen LogP contribution in [0.25, 0.3) is 0 Å². The van der Waals surface area contributed by atoms with Crippen LogP contribution in [0.15, 0.2) is 0 Å². The van der Waals surface area contributed by atoms with Crippen molar-refractivity contribution in [1.82, 2.24) is 30.7 Å². The van der Waals surface area contributed by atoms with E-state index < -0.39 is 7.14 Å². The van der Waals surface area contributed by atoms with Crippen LogP contribution in [0.3, 0.4) is 0 Å². The van der Waals surface area contributed by atoms with E-state index in [1.807, 2.05) is 23.9 Å². The predicted octanol–water partition coefficient (Wildman–Crippen LogP) is 12.2. The molecule has 0 saturated carbocycles. The molecule has 484 valence electrons. The number of ether oxygens (including phenoxy) is 2. The van der Waals surface area contributed by atoms with Crippen LogP contribution in [0, 0.1) is 0 Å². The number of amides is 3. The quantitative estimate of drug-likeness (QED) is 0.0219. The summed E-state index contributed by atoms with van der Waals surface area (Å²) >= 11 is 0. The predicted molar refractivity (Wildman–Crippen MR) is 340 cm³/mol. The highest BCUT2D eigenvalue weighted by Gasteiger charge is 2.26. The summed E-state index contributed by atoms with van der Waals surface area (Å²) < 4.78 is 25.9. The summed E-state index contributed by atoms with van der Waals surface area (Å²) in [6, 6.07) is 0. The molecule has 0 rings (SSSR count). The molecule has 5 N–H and O–H groups in total. The van der Waals surface area contributed by atoms with Crippen molar-refractivity contribution >= 4 is 36.8 Å². The lowest BCUT2D eigenvalue weighted by Gasteiger charge is -2.22. The number of aliphatic hydroxyl groups is 2. The Morgan fingerprint density at radius 2 is 0.756 bits per heavy atom. The summed E-state index contributed by atoms with van der Waals surface area (Å²) in [5.41, 5.74) is 0. The Balaban J connectivity index is 5.23. The van der Waals surface area contributed by atoms with E-state index in [0.29, 0.717) is 65.0 Å². The van der Waals surface area contributed by atoms with Crippen molar-refractivity contribution in [3.63, 3.8) is 0 Å². The molecular weight excluding hydrogens is 1060 g/mol. The molecule has 0 fully saturated rings.